The average Bonchev–Trinajstić information content (AvgIpc) is 3.07. The van der Waals surface area contributed by atoms with Gasteiger partial charge in [0, 0.05) is 18.5 Å². The summed E-state index contributed by atoms with van der Waals surface area (Å²) in [5, 5.41) is 0.414. The van der Waals surface area contributed by atoms with Crippen LogP contribution in [0.25, 0.3) is 28.4 Å². The topological polar surface area (TPSA) is 75.0 Å². The highest BCUT2D eigenvalue weighted by Crippen LogP contribution is 2.33. The van der Waals surface area contributed by atoms with Crippen LogP contribution < -0.4 is 4.89 Å². The lowest BCUT2D eigenvalue weighted by atomic mass is 10.2. The zero-order chi connectivity index (χ0) is 20.6. The second kappa shape index (κ2) is 7.30. The summed E-state index contributed by atoms with van der Waals surface area (Å²) in [5.41, 5.74) is 0.274. The van der Waals surface area contributed by atoms with Crippen LogP contribution in [0.15, 0.2) is 48.9 Å². The van der Waals surface area contributed by atoms with Crippen molar-refractivity contribution in [1.29, 1.82) is 0 Å². The van der Waals surface area contributed by atoms with Gasteiger partial charge in [0.25, 0.3) is 5.88 Å². The minimum atomic E-state index is -4.54. The molecule has 0 radical (unpaired) electrons. The van der Waals surface area contributed by atoms with E-state index in [0.717, 1.165) is 12.3 Å². The van der Waals surface area contributed by atoms with E-state index in [0.29, 0.717) is 16.4 Å². The van der Waals surface area contributed by atoms with Crippen LogP contribution in [0.3, 0.4) is 0 Å². The molecule has 4 rings (SSSR count). The first-order valence-corrected chi connectivity index (χ1v) is 8.49. The lowest BCUT2D eigenvalue weighted by Crippen LogP contribution is -2.06. The number of alkyl halides is 3. The molecule has 29 heavy (non-hydrogen) atoms. The van der Waals surface area contributed by atoms with Crippen molar-refractivity contribution >= 4 is 22.8 Å². The Bertz CT molecular complexity index is 1160. The Morgan fingerprint density at radius 1 is 1.00 bits per heavy atom. The van der Waals surface area contributed by atoms with Crippen molar-refractivity contribution in [2.24, 2.45) is 0 Å². The van der Waals surface area contributed by atoms with Crippen LogP contribution in [0.2, 0.25) is 5.02 Å². The highest BCUT2D eigenvalue weighted by Gasteiger charge is 2.32. The molecule has 7 nitrogen and oxygen atoms in total. The SMILES string of the molecule is COOc1ccc(-n2c(-c3ccc(Cl)cn3)nc3cc(C(F)(F)F)cnc32)cn1. The summed E-state index contributed by atoms with van der Waals surface area (Å²) < 4.78 is 40.8. The predicted molar refractivity (Wildman–Crippen MR) is 97.5 cm³/mol. The summed E-state index contributed by atoms with van der Waals surface area (Å²) in [6.07, 6.45) is -0.906. The van der Waals surface area contributed by atoms with E-state index in [9.17, 15) is 13.2 Å². The summed E-state index contributed by atoms with van der Waals surface area (Å²) in [4.78, 5) is 26.0. The number of rotatable bonds is 4. The van der Waals surface area contributed by atoms with Gasteiger partial charge >= 0.3 is 6.18 Å². The minimum absolute atomic E-state index is 0.0591. The number of fused-ring (bicyclic) bond motifs is 1. The maximum atomic E-state index is 13.1. The molecule has 0 aromatic carbocycles. The van der Waals surface area contributed by atoms with Gasteiger partial charge in [-0.15, -0.1) is 0 Å². The lowest BCUT2D eigenvalue weighted by molar-refractivity contribution is -0.181. The Morgan fingerprint density at radius 2 is 1.83 bits per heavy atom. The van der Waals surface area contributed by atoms with Crippen molar-refractivity contribution in [3.63, 3.8) is 0 Å². The van der Waals surface area contributed by atoms with Gasteiger partial charge in [0.05, 0.1) is 29.6 Å². The molecule has 0 N–H and O–H groups in total. The van der Waals surface area contributed by atoms with Gasteiger partial charge in [-0.25, -0.2) is 15.0 Å². The molecule has 0 fully saturated rings. The molecule has 0 aliphatic rings. The van der Waals surface area contributed by atoms with E-state index < -0.39 is 11.7 Å². The van der Waals surface area contributed by atoms with Gasteiger partial charge in [0.2, 0.25) is 0 Å². The number of imidazole rings is 1. The number of hydrogen-bond acceptors (Lipinski definition) is 6. The van der Waals surface area contributed by atoms with E-state index in [-0.39, 0.29) is 22.9 Å². The molecule has 0 saturated heterocycles. The van der Waals surface area contributed by atoms with Gasteiger partial charge in [-0.2, -0.15) is 18.1 Å². The molecule has 4 aromatic rings. The van der Waals surface area contributed by atoms with Crippen molar-refractivity contribution in [3.05, 3.63) is 59.5 Å². The molecule has 0 bridgehead atoms. The normalized spacial score (nSPS) is 11.8. The molecular formula is C18H11ClF3N5O2. The van der Waals surface area contributed by atoms with Gasteiger partial charge in [0.1, 0.15) is 11.2 Å². The first-order valence-electron chi connectivity index (χ1n) is 8.11. The quantitative estimate of drug-likeness (QED) is 0.357. The third-order valence-electron chi connectivity index (χ3n) is 3.93. The lowest BCUT2D eigenvalue weighted by Gasteiger charge is -2.09. The second-order valence-corrected chi connectivity index (χ2v) is 6.24. The van der Waals surface area contributed by atoms with E-state index >= 15 is 0 Å². The van der Waals surface area contributed by atoms with Crippen molar-refractivity contribution in [3.8, 4) is 23.1 Å². The zero-order valence-electron chi connectivity index (χ0n) is 14.7. The smallest absolute Gasteiger partial charge is 0.317 e. The van der Waals surface area contributed by atoms with Crippen molar-refractivity contribution in [1.82, 2.24) is 24.5 Å². The first-order chi connectivity index (χ1) is 13.9. The van der Waals surface area contributed by atoms with Gasteiger partial charge in [0.15, 0.2) is 11.5 Å². The Kier molecular flexibility index (Phi) is 4.81. The summed E-state index contributed by atoms with van der Waals surface area (Å²) in [6, 6.07) is 7.33. The molecule has 0 aliphatic carbocycles. The fraction of sp³-hybridized carbons (Fsp3) is 0.111. The molecule has 148 valence electrons. The highest BCUT2D eigenvalue weighted by atomic mass is 35.5. The molecule has 0 spiro atoms. The molecule has 11 heteroatoms. The van der Waals surface area contributed by atoms with Crippen LogP contribution in [-0.2, 0) is 11.1 Å². The second-order valence-electron chi connectivity index (χ2n) is 5.80. The third kappa shape index (κ3) is 3.71. The van der Waals surface area contributed by atoms with E-state index in [1.807, 2.05) is 0 Å². The van der Waals surface area contributed by atoms with Crippen molar-refractivity contribution in [2.45, 2.75) is 6.18 Å². The molecule has 4 aromatic heterocycles. The summed E-state index contributed by atoms with van der Waals surface area (Å²) in [7, 11) is 1.34. The molecular weight excluding hydrogens is 411 g/mol. The fourth-order valence-corrected chi connectivity index (χ4v) is 2.80. The largest absolute Gasteiger partial charge is 0.417 e. The first kappa shape index (κ1) is 19.1. The number of nitrogens with zero attached hydrogens (tertiary/aromatic N) is 5. The fourth-order valence-electron chi connectivity index (χ4n) is 2.68. The zero-order valence-corrected chi connectivity index (χ0v) is 15.4. The highest BCUT2D eigenvalue weighted by molar-refractivity contribution is 6.30. The molecule has 0 unspecified atom stereocenters. The van der Waals surface area contributed by atoms with Gasteiger partial charge in [-0.3, -0.25) is 9.55 Å². The molecule has 0 aliphatic heterocycles. The monoisotopic (exact) mass is 421 g/mol. The van der Waals surface area contributed by atoms with Crippen LogP contribution >= 0.6 is 11.6 Å². The summed E-state index contributed by atoms with van der Waals surface area (Å²) >= 11 is 5.89. The average molecular weight is 422 g/mol. The Hall–Kier alpha value is -3.24. The Balaban J connectivity index is 1.93. The molecule has 4 heterocycles. The van der Waals surface area contributed by atoms with E-state index in [2.05, 4.69) is 24.8 Å². The standard InChI is InChI=1S/C18H11ClF3N5O2/c1-28-29-15-5-3-12(9-24-15)27-16-14(6-10(7-25-16)18(20,21)22)26-17(27)13-4-2-11(19)8-23-13/h2-9H,1H3. The van der Waals surface area contributed by atoms with Crippen LogP contribution in [0.4, 0.5) is 13.2 Å². The minimum Gasteiger partial charge on any atom is -0.317 e. The summed E-state index contributed by atoms with van der Waals surface area (Å²) in [6.45, 7) is 0. The maximum Gasteiger partial charge on any atom is 0.417 e. The predicted octanol–water partition coefficient (Wildman–Crippen LogP) is 4.49. The third-order valence-corrected chi connectivity index (χ3v) is 4.15. The Labute approximate surface area is 166 Å². The van der Waals surface area contributed by atoms with Gasteiger partial charge in [-0.1, -0.05) is 11.6 Å². The molecule has 0 saturated carbocycles. The van der Waals surface area contributed by atoms with Gasteiger partial charge < -0.3 is 4.89 Å². The molecule has 0 amide bonds. The van der Waals surface area contributed by atoms with Crippen molar-refractivity contribution < 1.29 is 22.9 Å². The van der Waals surface area contributed by atoms with E-state index in [4.69, 9.17) is 16.5 Å². The van der Waals surface area contributed by atoms with Gasteiger partial charge in [-0.05, 0) is 24.3 Å². The maximum absolute atomic E-state index is 13.1. The van der Waals surface area contributed by atoms with Crippen molar-refractivity contribution in [2.75, 3.05) is 7.11 Å². The number of pyridine rings is 3. The number of aromatic nitrogens is 5. The molecule has 0 atom stereocenters. The van der Waals surface area contributed by atoms with Crippen LogP contribution in [-0.4, -0.2) is 31.6 Å². The van der Waals surface area contributed by atoms with Crippen LogP contribution in [0.1, 0.15) is 5.56 Å². The Morgan fingerprint density at radius 3 is 2.45 bits per heavy atom. The van der Waals surface area contributed by atoms with Crippen LogP contribution in [0, 0.1) is 0 Å². The summed E-state index contributed by atoms with van der Waals surface area (Å²) in [5.74, 6) is 0.491. The number of hydrogen-bond donors (Lipinski definition) is 0. The van der Waals surface area contributed by atoms with E-state index in [1.54, 1.807) is 22.8 Å². The van der Waals surface area contributed by atoms with E-state index in [1.165, 1.54) is 25.6 Å². The van der Waals surface area contributed by atoms with Crippen LogP contribution in [0.5, 0.6) is 5.88 Å². The number of halogens is 4.